The van der Waals surface area contributed by atoms with Crippen molar-refractivity contribution in [1.29, 1.82) is 0 Å². The highest BCUT2D eigenvalue weighted by Gasteiger charge is 2.48. The molecule has 0 saturated heterocycles. The summed E-state index contributed by atoms with van der Waals surface area (Å²) in [5.74, 6) is 1.88. The van der Waals surface area contributed by atoms with Crippen molar-refractivity contribution in [3.63, 3.8) is 0 Å². The summed E-state index contributed by atoms with van der Waals surface area (Å²) in [7, 11) is 0. The van der Waals surface area contributed by atoms with Gasteiger partial charge in [0.25, 0.3) is 0 Å². The molecule has 2 aliphatic carbocycles. The molecule has 0 heterocycles. The third kappa shape index (κ3) is 5.57. The predicted octanol–water partition coefficient (Wildman–Crippen LogP) is 5.62. The molecule has 2 rings (SSSR count). The average molecular weight is 375 g/mol. The molecule has 152 valence electrons. The van der Waals surface area contributed by atoms with Crippen LogP contribution in [0.25, 0.3) is 0 Å². The minimum absolute atomic E-state index is 0.190. The van der Waals surface area contributed by atoms with E-state index in [-0.39, 0.29) is 6.10 Å². The highest BCUT2D eigenvalue weighted by atomic mass is 16.4. The Morgan fingerprint density at radius 2 is 1.89 bits per heavy atom. The Kier molecular flexibility index (Phi) is 8.34. The van der Waals surface area contributed by atoms with Crippen molar-refractivity contribution in [3.8, 4) is 0 Å². The van der Waals surface area contributed by atoms with Crippen molar-refractivity contribution in [2.24, 2.45) is 35.5 Å². The van der Waals surface area contributed by atoms with E-state index in [1.807, 2.05) is 6.08 Å². The van der Waals surface area contributed by atoms with E-state index >= 15 is 0 Å². The van der Waals surface area contributed by atoms with E-state index in [9.17, 15) is 9.90 Å². The Morgan fingerprint density at radius 1 is 1.15 bits per heavy atom. The number of aliphatic hydroxyl groups excluding tert-OH is 1. The van der Waals surface area contributed by atoms with E-state index in [2.05, 4.69) is 39.8 Å². The number of aliphatic hydroxyl groups is 1. The van der Waals surface area contributed by atoms with Crippen LogP contribution in [-0.4, -0.2) is 22.3 Å². The Hall–Kier alpha value is -1.35. The zero-order valence-electron chi connectivity index (χ0n) is 17.5. The molecule has 0 bridgehead atoms. The normalized spacial score (nSPS) is 37.7. The van der Waals surface area contributed by atoms with Gasteiger partial charge in [-0.25, -0.2) is 4.79 Å². The van der Waals surface area contributed by atoms with E-state index in [0.29, 0.717) is 35.5 Å². The number of rotatable bonds is 7. The van der Waals surface area contributed by atoms with Gasteiger partial charge < -0.3 is 10.2 Å². The van der Waals surface area contributed by atoms with Gasteiger partial charge in [-0.2, -0.15) is 0 Å². The summed E-state index contributed by atoms with van der Waals surface area (Å²) in [6.45, 7) is 9.16. The number of allylic oxidation sites excluding steroid dienone is 5. The van der Waals surface area contributed by atoms with E-state index in [1.165, 1.54) is 24.5 Å². The summed E-state index contributed by atoms with van der Waals surface area (Å²) in [6.07, 6.45) is 15.8. The van der Waals surface area contributed by atoms with Gasteiger partial charge >= 0.3 is 5.97 Å². The van der Waals surface area contributed by atoms with Gasteiger partial charge in [-0.1, -0.05) is 63.5 Å². The number of hydrogen-bond donors (Lipinski definition) is 2. The molecule has 0 spiro atoms. The van der Waals surface area contributed by atoms with E-state index in [4.69, 9.17) is 5.11 Å². The monoisotopic (exact) mass is 374 g/mol. The minimum Gasteiger partial charge on any atom is -0.478 e. The number of carboxylic acid groups (broad SMARTS) is 1. The van der Waals surface area contributed by atoms with Crippen LogP contribution in [0.3, 0.4) is 0 Å². The first kappa shape index (κ1) is 21.9. The van der Waals surface area contributed by atoms with Gasteiger partial charge in [0, 0.05) is 6.08 Å². The summed E-state index contributed by atoms with van der Waals surface area (Å²) in [5.41, 5.74) is 1.47. The molecule has 0 radical (unpaired) electrons. The highest BCUT2D eigenvalue weighted by Crippen LogP contribution is 2.53. The van der Waals surface area contributed by atoms with Gasteiger partial charge in [-0.05, 0) is 68.1 Å². The highest BCUT2D eigenvalue weighted by molar-refractivity contribution is 5.80. The van der Waals surface area contributed by atoms with Gasteiger partial charge in [0.1, 0.15) is 0 Å². The summed E-state index contributed by atoms with van der Waals surface area (Å²) in [6, 6.07) is 0. The number of aliphatic carboxylic acids is 1. The van der Waals surface area contributed by atoms with Crippen molar-refractivity contribution in [2.45, 2.75) is 72.3 Å². The zero-order valence-corrected chi connectivity index (χ0v) is 17.5. The minimum atomic E-state index is -0.914. The summed E-state index contributed by atoms with van der Waals surface area (Å²) in [4.78, 5) is 10.8. The second-order valence-corrected chi connectivity index (χ2v) is 8.85. The van der Waals surface area contributed by atoms with E-state index < -0.39 is 5.97 Å². The Labute approximate surface area is 165 Å². The second-order valence-electron chi connectivity index (χ2n) is 8.85. The van der Waals surface area contributed by atoms with Gasteiger partial charge in [0.2, 0.25) is 0 Å². The largest absolute Gasteiger partial charge is 0.478 e. The van der Waals surface area contributed by atoms with Crippen LogP contribution in [0.4, 0.5) is 0 Å². The molecule has 2 aliphatic rings. The molecule has 7 atom stereocenters. The molecule has 3 heteroatoms. The molecular formula is C24H38O3. The molecule has 0 aliphatic heterocycles. The summed E-state index contributed by atoms with van der Waals surface area (Å²) in [5, 5.41) is 19.5. The van der Waals surface area contributed by atoms with Crippen molar-refractivity contribution >= 4 is 5.97 Å². The number of fused-ring (bicyclic) bond motifs is 1. The average Bonchev–Trinajstić information content (AvgIpc) is 2.61. The second kappa shape index (κ2) is 10.3. The van der Waals surface area contributed by atoms with Crippen molar-refractivity contribution in [2.75, 3.05) is 0 Å². The standard InChI is InChI=1S/C24H38O3/c1-5-6-7-10-16(2)23-18(4)15-20-21(25)14-13-17(3)24(20)19(23)11-8-9-12-22(26)27/h8-12,17-21,23-25H,5-7,13-15H2,1-4H3,(H,26,27)/b11-8+,12-9+,16-10+/t17-,18-,19+,20-,21-,23+,24-/m0/s1. The first-order valence-corrected chi connectivity index (χ1v) is 10.8. The van der Waals surface area contributed by atoms with Crippen LogP contribution < -0.4 is 0 Å². The number of unbranched alkanes of at least 4 members (excludes halogenated alkanes) is 2. The maximum Gasteiger partial charge on any atom is 0.328 e. The maximum absolute atomic E-state index is 10.8. The third-order valence-electron chi connectivity index (χ3n) is 6.91. The molecule has 2 N–H and O–H groups in total. The Bertz CT molecular complexity index is 574. The summed E-state index contributed by atoms with van der Waals surface area (Å²) >= 11 is 0. The van der Waals surface area contributed by atoms with Crippen LogP contribution in [0.15, 0.2) is 36.0 Å². The lowest BCUT2D eigenvalue weighted by Gasteiger charge is -2.52. The fraction of sp³-hybridized carbons (Fsp3) is 0.708. The predicted molar refractivity (Wildman–Crippen MR) is 111 cm³/mol. The molecule has 2 saturated carbocycles. The van der Waals surface area contributed by atoms with E-state index in [1.54, 1.807) is 6.08 Å². The van der Waals surface area contributed by atoms with Crippen LogP contribution in [0.1, 0.15) is 66.2 Å². The van der Waals surface area contributed by atoms with Crippen LogP contribution >= 0.6 is 0 Å². The molecule has 0 aromatic carbocycles. The van der Waals surface area contributed by atoms with Gasteiger partial charge in [0.05, 0.1) is 6.10 Å². The molecule has 0 aromatic rings. The van der Waals surface area contributed by atoms with E-state index in [0.717, 1.165) is 25.7 Å². The lowest BCUT2D eigenvalue weighted by molar-refractivity contribution is -0.131. The topological polar surface area (TPSA) is 57.5 Å². The SMILES string of the molecule is CCCC/C=C(\C)[C@H]1[C@@H](/C=C/C=C/C(=O)O)[C@H]2[C@@H](C[C@@H]1C)[C@@H](O)CC[C@@H]2C. The first-order valence-electron chi connectivity index (χ1n) is 10.8. The van der Waals surface area contributed by atoms with Gasteiger partial charge in [-0.15, -0.1) is 0 Å². The van der Waals surface area contributed by atoms with Gasteiger partial charge in [0.15, 0.2) is 0 Å². The maximum atomic E-state index is 10.8. The molecule has 0 aromatic heterocycles. The lowest BCUT2D eigenvalue weighted by atomic mass is 9.53. The Morgan fingerprint density at radius 3 is 2.56 bits per heavy atom. The lowest BCUT2D eigenvalue weighted by Crippen LogP contribution is -2.48. The van der Waals surface area contributed by atoms with Crippen molar-refractivity contribution in [3.05, 3.63) is 36.0 Å². The smallest absolute Gasteiger partial charge is 0.328 e. The van der Waals surface area contributed by atoms with Crippen LogP contribution in [0.2, 0.25) is 0 Å². The van der Waals surface area contributed by atoms with Crippen molar-refractivity contribution < 1.29 is 15.0 Å². The third-order valence-corrected chi connectivity index (χ3v) is 6.91. The fourth-order valence-electron chi connectivity index (χ4n) is 5.69. The molecule has 2 fully saturated rings. The first-order chi connectivity index (χ1) is 12.9. The van der Waals surface area contributed by atoms with Gasteiger partial charge in [-0.3, -0.25) is 0 Å². The zero-order chi connectivity index (χ0) is 20.0. The van der Waals surface area contributed by atoms with Crippen molar-refractivity contribution in [1.82, 2.24) is 0 Å². The fourth-order valence-corrected chi connectivity index (χ4v) is 5.69. The molecule has 0 unspecified atom stereocenters. The quantitative estimate of drug-likeness (QED) is 0.263. The number of carbonyl (C=O) groups is 1. The molecule has 0 amide bonds. The molecule has 3 nitrogen and oxygen atoms in total. The van der Waals surface area contributed by atoms with Crippen LogP contribution in [0, 0.1) is 35.5 Å². The van der Waals surface area contributed by atoms with Crippen LogP contribution in [-0.2, 0) is 4.79 Å². The number of carboxylic acids is 1. The number of hydrogen-bond acceptors (Lipinski definition) is 2. The van der Waals surface area contributed by atoms with Crippen LogP contribution in [0.5, 0.6) is 0 Å². The Balaban J connectivity index is 2.33. The molecule has 27 heavy (non-hydrogen) atoms. The summed E-state index contributed by atoms with van der Waals surface area (Å²) < 4.78 is 0. The molecular weight excluding hydrogens is 336 g/mol.